The Morgan fingerprint density at radius 2 is 1.90 bits per heavy atom. The SMILES string of the molecule is CC(C)C(C)NC(=O)CNc1ccc2c(c1)OCCCO2. The van der Waals surface area contributed by atoms with E-state index >= 15 is 0 Å². The van der Waals surface area contributed by atoms with Gasteiger partial charge in [-0.1, -0.05) is 13.8 Å². The number of fused-ring (bicyclic) bond motifs is 1. The van der Waals surface area contributed by atoms with Crippen molar-refractivity contribution >= 4 is 11.6 Å². The Hall–Kier alpha value is -1.91. The molecule has 0 radical (unpaired) electrons. The van der Waals surface area contributed by atoms with E-state index in [9.17, 15) is 4.79 Å². The second kappa shape index (κ2) is 7.20. The summed E-state index contributed by atoms with van der Waals surface area (Å²) in [6, 6.07) is 5.81. The molecule has 5 heteroatoms. The second-order valence-corrected chi connectivity index (χ2v) is 5.67. The van der Waals surface area contributed by atoms with Gasteiger partial charge in [0, 0.05) is 24.2 Å². The fourth-order valence-electron chi connectivity index (χ4n) is 1.93. The summed E-state index contributed by atoms with van der Waals surface area (Å²) in [6.07, 6.45) is 0.882. The largest absolute Gasteiger partial charge is 0.490 e. The molecule has 0 spiro atoms. The van der Waals surface area contributed by atoms with Gasteiger partial charge in [-0.05, 0) is 25.0 Å². The summed E-state index contributed by atoms with van der Waals surface area (Å²) >= 11 is 0. The first-order chi connectivity index (χ1) is 10.1. The fourth-order valence-corrected chi connectivity index (χ4v) is 1.93. The highest BCUT2D eigenvalue weighted by Crippen LogP contribution is 2.32. The van der Waals surface area contributed by atoms with Gasteiger partial charge < -0.3 is 20.1 Å². The molecule has 1 heterocycles. The lowest BCUT2D eigenvalue weighted by Gasteiger charge is -2.18. The Labute approximate surface area is 126 Å². The number of hydrogen-bond acceptors (Lipinski definition) is 4. The Morgan fingerprint density at radius 3 is 2.62 bits per heavy atom. The number of nitrogens with one attached hydrogen (secondary N) is 2. The molecule has 2 N–H and O–H groups in total. The molecule has 2 rings (SSSR count). The molecule has 0 bridgehead atoms. The third kappa shape index (κ3) is 4.55. The van der Waals surface area contributed by atoms with Crippen molar-refractivity contribution in [1.82, 2.24) is 5.32 Å². The number of anilines is 1. The summed E-state index contributed by atoms with van der Waals surface area (Å²) < 4.78 is 11.2. The topological polar surface area (TPSA) is 59.6 Å². The monoisotopic (exact) mass is 292 g/mol. The number of rotatable bonds is 5. The zero-order chi connectivity index (χ0) is 15.2. The van der Waals surface area contributed by atoms with Crippen LogP contribution < -0.4 is 20.1 Å². The van der Waals surface area contributed by atoms with Crippen LogP contribution in [0.2, 0.25) is 0 Å². The number of carbonyl (C=O) groups excluding carboxylic acids is 1. The van der Waals surface area contributed by atoms with E-state index in [2.05, 4.69) is 24.5 Å². The number of amides is 1. The summed E-state index contributed by atoms with van der Waals surface area (Å²) in [6.45, 7) is 7.76. The molecule has 1 amide bonds. The molecule has 1 aliphatic rings. The lowest BCUT2D eigenvalue weighted by Crippen LogP contribution is -2.39. The van der Waals surface area contributed by atoms with Crippen molar-refractivity contribution < 1.29 is 14.3 Å². The lowest BCUT2D eigenvalue weighted by atomic mass is 10.1. The molecule has 0 saturated carbocycles. The minimum atomic E-state index is -0.0108. The van der Waals surface area contributed by atoms with Crippen molar-refractivity contribution in [2.24, 2.45) is 5.92 Å². The first-order valence-electron chi connectivity index (χ1n) is 7.49. The van der Waals surface area contributed by atoms with E-state index in [0.717, 1.165) is 23.6 Å². The van der Waals surface area contributed by atoms with Crippen molar-refractivity contribution in [3.05, 3.63) is 18.2 Å². The van der Waals surface area contributed by atoms with Gasteiger partial charge in [0.15, 0.2) is 11.5 Å². The van der Waals surface area contributed by atoms with Gasteiger partial charge in [-0.3, -0.25) is 4.79 Å². The van der Waals surface area contributed by atoms with Crippen molar-refractivity contribution in [3.8, 4) is 11.5 Å². The van der Waals surface area contributed by atoms with Crippen LogP contribution in [0, 0.1) is 5.92 Å². The Kier molecular flexibility index (Phi) is 5.31. The molecule has 0 saturated heterocycles. The van der Waals surface area contributed by atoms with Crippen molar-refractivity contribution in [3.63, 3.8) is 0 Å². The molecule has 116 valence electrons. The molecule has 1 aromatic rings. The quantitative estimate of drug-likeness (QED) is 0.875. The zero-order valence-corrected chi connectivity index (χ0v) is 12.9. The molecule has 1 atom stereocenters. The van der Waals surface area contributed by atoms with Gasteiger partial charge in [-0.25, -0.2) is 0 Å². The van der Waals surface area contributed by atoms with Crippen LogP contribution in [-0.2, 0) is 4.79 Å². The van der Waals surface area contributed by atoms with Crippen molar-refractivity contribution in [2.45, 2.75) is 33.2 Å². The third-order valence-electron chi connectivity index (χ3n) is 3.59. The molecule has 0 aliphatic carbocycles. The average Bonchev–Trinajstić information content (AvgIpc) is 2.69. The summed E-state index contributed by atoms with van der Waals surface area (Å²) in [5, 5.41) is 6.08. The van der Waals surface area contributed by atoms with Crippen LogP contribution in [0.1, 0.15) is 27.2 Å². The van der Waals surface area contributed by atoms with Crippen molar-refractivity contribution in [1.29, 1.82) is 0 Å². The number of ether oxygens (including phenoxy) is 2. The van der Waals surface area contributed by atoms with E-state index in [1.54, 1.807) is 0 Å². The molecule has 0 fully saturated rings. The summed E-state index contributed by atoms with van der Waals surface area (Å²) in [5.74, 6) is 1.90. The highest BCUT2D eigenvalue weighted by Gasteiger charge is 2.12. The smallest absolute Gasteiger partial charge is 0.239 e. The van der Waals surface area contributed by atoms with Gasteiger partial charge >= 0.3 is 0 Å². The number of hydrogen-bond donors (Lipinski definition) is 2. The molecule has 1 aliphatic heterocycles. The first-order valence-corrected chi connectivity index (χ1v) is 7.49. The normalized spacial score (nSPS) is 15.2. The summed E-state index contributed by atoms with van der Waals surface area (Å²) in [5.41, 5.74) is 0.853. The lowest BCUT2D eigenvalue weighted by molar-refractivity contribution is -0.120. The van der Waals surface area contributed by atoms with Crippen LogP contribution in [0.4, 0.5) is 5.69 Å². The van der Waals surface area contributed by atoms with Crippen LogP contribution in [0.3, 0.4) is 0 Å². The maximum atomic E-state index is 11.8. The molecule has 1 aromatic carbocycles. The summed E-state index contributed by atoms with van der Waals surface area (Å²) in [7, 11) is 0. The Bertz CT molecular complexity index is 488. The van der Waals surface area contributed by atoms with E-state index in [1.807, 2.05) is 25.1 Å². The van der Waals surface area contributed by atoms with Gasteiger partial charge in [0.05, 0.1) is 19.8 Å². The molecule has 21 heavy (non-hydrogen) atoms. The molecule has 0 aromatic heterocycles. The van der Waals surface area contributed by atoms with Crippen LogP contribution in [0.5, 0.6) is 11.5 Å². The molecular formula is C16H24N2O3. The Balaban J connectivity index is 1.89. The minimum Gasteiger partial charge on any atom is -0.490 e. The van der Waals surface area contributed by atoms with Gasteiger partial charge in [0.25, 0.3) is 0 Å². The number of carbonyl (C=O) groups is 1. The standard InChI is InChI=1S/C16H24N2O3/c1-11(2)12(3)18-16(19)10-17-13-5-6-14-15(9-13)21-8-4-7-20-14/h5-6,9,11-12,17H,4,7-8,10H2,1-3H3,(H,18,19). The van der Waals surface area contributed by atoms with Gasteiger partial charge in [-0.2, -0.15) is 0 Å². The summed E-state index contributed by atoms with van der Waals surface area (Å²) in [4.78, 5) is 11.8. The average molecular weight is 292 g/mol. The van der Waals surface area contributed by atoms with E-state index in [4.69, 9.17) is 9.47 Å². The van der Waals surface area contributed by atoms with Crippen LogP contribution in [0.25, 0.3) is 0 Å². The van der Waals surface area contributed by atoms with Gasteiger partial charge in [0.2, 0.25) is 5.91 Å². The first kappa shape index (κ1) is 15.5. The molecule has 5 nitrogen and oxygen atoms in total. The van der Waals surface area contributed by atoms with Crippen LogP contribution in [0.15, 0.2) is 18.2 Å². The van der Waals surface area contributed by atoms with Crippen LogP contribution in [-0.4, -0.2) is 31.7 Å². The number of benzene rings is 1. The van der Waals surface area contributed by atoms with E-state index in [0.29, 0.717) is 19.1 Å². The van der Waals surface area contributed by atoms with Gasteiger partial charge in [-0.15, -0.1) is 0 Å². The second-order valence-electron chi connectivity index (χ2n) is 5.67. The maximum absolute atomic E-state index is 11.8. The van der Waals surface area contributed by atoms with Crippen molar-refractivity contribution in [2.75, 3.05) is 25.1 Å². The predicted molar refractivity (Wildman–Crippen MR) is 83.0 cm³/mol. The van der Waals surface area contributed by atoms with Gasteiger partial charge in [0.1, 0.15) is 0 Å². The third-order valence-corrected chi connectivity index (χ3v) is 3.59. The maximum Gasteiger partial charge on any atom is 0.239 e. The zero-order valence-electron chi connectivity index (χ0n) is 12.9. The molecular weight excluding hydrogens is 268 g/mol. The van der Waals surface area contributed by atoms with E-state index in [1.165, 1.54) is 0 Å². The van der Waals surface area contributed by atoms with E-state index in [-0.39, 0.29) is 18.5 Å². The fraction of sp³-hybridized carbons (Fsp3) is 0.562. The van der Waals surface area contributed by atoms with Crippen LogP contribution >= 0.6 is 0 Å². The highest BCUT2D eigenvalue weighted by atomic mass is 16.5. The van der Waals surface area contributed by atoms with E-state index < -0.39 is 0 Å². The highest BCUT2D eigenvalue weighted by molar-refractivity contribution is 5.81. The Morgan fingerprint density at radius 1 is 1.19 bits per heavy atom. The minimum absolute atomic E-state index is 0.0108. The molecule has 1 unspecified atom stereocenters. The predicted octanol–water partition coefficient (Wildman–Crippen LogP) is 2.42.